The summed E-state index contributed by atoms with van der Waals surface area (Å²) >= 11 is 0. The maximum absolute atomic E-state index is 12.8. The van der Waals surface area contributed by atoms with Crippen LogP contribution in [-0.2, 0) is 0 Å². The maximum atomic E-state index is 12.8. The minimum atomic E-state index is -4.54. The van der Waals surface area contributed by atoms with Crippen molar-refractivity contribution in [2.24, 2.45) is 22.7 Å². The second-order valence-electron chi connectivity index (χ2n) is 5.62. The van der Waals surface area contributed by atoms with Crippen LogP contribution in [0.4, 0.5) is 13.2 Å². The topological polar surface area (TPSA) is 73.9 Å². The molecule has 0 spiro atoms. The van der Waals surface area contributed by atoms with Gasteiger partial charge in [-0.05, 0) is 26.4 Å². The van der Waals surface area contributed by atoms with Crippen LogP contribution in [0.15, 0.2) is 5.16 Å². The minimum absolute atomic E-state index is 0.0821. The molecule has 0 fully saturated rings. The van der Waals surface area contributed by atoms with Crippen LogP contribution in [-0.4, -0.2) is 55.3 Å². The van der Waals surface area contributed by atoms with Crippen LogP contribution >= 0.6 is 0 Å². The summed E-state index contributed by atoms with van der Waals surface area (Å²) in [6, 6.07) is -0.0821. The molecule has 0 aromatic rings. The molecule has 0 amide bonds. The van der Waals surface area contributed by atoms with Crippen LogP contribution in [0.2, 0.25) is 0 Å². The van der Waals surface area contributed by atoms with Gasteiger partial charge in [0.15, 0.2) is 5.84 Å². The number of alkyl halides is 3. The zero-order valence-electron chi connectivity index (χ0n) is 12.4. The quantitative estimate of drug-likeness (QED) is 0.275. The molecule has 120 valence electrons. The zero-order chi connectivity index (χ0) is 15.9. The van der Waals surface area contributed by atoms with Crippen molar-refractivity contribution in [3.63, 3.8) is 0 Å². The molecule has 0 aromatic heterocycles. The number of hydrogen-bond donors (Lipinski definition) is 3. The number of oxime groups is 1. The van der Waals surface area contributed by atoms with Gasteiger partial charge in [-0.3, -0.25) is 0 Å². The minimum Gasteiger partial charge on any atom is -0.409 e. The van der Waals surface area contributed by atoms with E-state index in [-0.39, 0.29) is 6.04 Å². The summed E-state index contributed by atoms with van der Waals surface area (Å²) in [7, 11) is 3.72. The summed E-state index contributed by atoms with van der Waals surface area (Å²) in [5, 5.41) is 13.8. The fourth-order valence-electron chi connectivity index (χ4n) is 1.97. The van der Waals surface area contributed by atoms with Crippen molar-refractivity contribution < 1.29 is 18.4 Å². The lowest BCUT2D eigenvalue weighted by molar-refractivity contribution is -0.155. The third-order valence-electron chi connectivity index (χ3n) is 2.82. The average molecular weight is 298 g/mol. The molecule has 2 unspecified atom stereocenters. The molecule has 0 bridgehead atoms. The predicted octanol–water partition coefficient (Wildman–Crippen LogP) is 1.48. The first kappa shape index (κ1) is 19.0. The molecule has 5 nitrogen and oxygen atoms in total. The van der Waals surface area contributed by atoms with Crippen LogP contribution in [0.5, 0.6) is 0 Å². The molecule has 4 N–H and O–H groups in total. The van der Waals surface area contributed by atoms with Gasteiger partial charge in [0.1, 0.15) is 5.92 Å². The molecule has 20 heavy (non-hydrogen) atoms. The van der Waals surface area contributed by atoms with Crippen LogP contribution < -0.4 is 11.1 Å². The number of nitrogens with two attached hydrogens (primary N) is 1. The lowest BCUT2D eigenvalue weighted by Gasteiger charge is -2.27. The lowest BCUT2D eigenvalue weighted by atomic mass is 10.0. The number of amidine groups is 1. The van der Waals surface area contributed by atoms with Gasteiger partial charge in [0, 0.05) is 19.1 Å². The number of nitrogens with one attached hydrogen (secondary N) is 1. The molecule has 0 aromatic carbocycles. The molecule has 0 aliphatic carbocycles. The van der Waals surface area contributed by atoms with Gasteiger partial charge in [0.05, 0.1) is 0 Å². The molecule has 0 radical (unpaired) electrons. The molecule has 0 aliphatic heterocycles. The highest BCUT2D eigenvalue weighted by atomic mass is 19.4. The Labute approximate surface area is 118 Å². The summed E-state index contributed by atoms with van der Waals surface area (Å²) in [5.41, 5.74) is 5.12. The van der Waals surface area contributed by atoms with Crippen molar-refractivity contribution >= 4 is 5.84 Å². The van der Waals surface area contributed by atoms with Gasteiger partial charge >= 0.3 is 6.18 Å². The fourth-order valence-corrected chi connectivity index (χ4v) is 1.97. The highest BCUT2D eigenvalue weighted by molar-refractivity contribution is 5.83. The van der Waals surface area contributed by atoms with Gasteiger partial charge in [0.25, 0.3) is 0 Å². The standard InChI is InChI=1S/C12H25F3N4O/c1-8(2)5-9(7-19(3)4)17-6-10(11(16)18-20)12(13,14)15/h8-10,17,20H,5-7H2,1-4H3,(H2,16,18). The van der Waals surface area contributed by atoms with E-state index in [2.05, 4.69) is 10.5 Å². The van der Waals surface area contributed by atoms with E-state index in [1.165, 1.54) is 0 Å². The van der Waals surface area contributed by atoms with E-state index < -0.39 is 24.5 Å². The van der Waals surface area contributed by atoms with Gasteiger partial charge in [-0.1, -0.05) is 19.0 Å². The van der Waals surface area contributed by atoms with Crippen molar-refractivity contribution in [2.75, 3.05) is 27.2 Å². The van der Waals surface area contributed by atoms with Crippen LogP contribution in [0.25, 0.3) is 0 Å². The molecular weight excluding hydrogens is 273 g/mol. The summed E-state index contributed by atoms with van der Waals surface area (Å²) in [6.45, 7) is 4.24. The van der Waals surface area contributed by atoms with Crippen LogP contribution in [0.1, 0.15) is 20.3 Å². The molecule has 2 atom stereocenters. The van der Waals surface area contributed by atoms with E-state index in [0.717, 1.165) is 6.42 Å². The summed E-state index contributed by atoms with van der Waals surface area (Å²) in [5.74, 6) is -2.44. The highest BCUT2D eigenvalue weighted by Gasteiger charge is 2.42. The first-order valence-electron chi connectivity index (χ1n) is 6.50. The Hall–Kier alpha value is -1.02. The fraction of sp³-hybridized carbons (Fsp3) is 0.917. The van der Waals surface area contributed by atoms with Crippen molar-refractivity contribution in [1.29, 1.82) is 0 Å². The second-order valence-corrected chi connectivity index (χ2v) is 5.62. The van der Waals surface area contributed by atoms with E-state index >= 15 is 0 Å². The number of nitrogens with zero attached hydrogens (tertiary/aromatic N) is 2. The normalized spacial score (nSPS) is 16.8. The first-order chi connectivity index (χ1) is 9.07. The molecular formula is C12H25F3N4O. The van der Waals surface area contributed by atoms with E-state index in [1.807, 2.05) is 32.8 Å². The number of hydrogen-bond acceptors (Lipinski definition) is 4. The Bertz CT molecular complexity index is 296. The molecule has 0 heterocycles. The average Bonchev–Trinajstić information content (AvgIpc) is 2.25. The number of rotatable bonds is 8. The van der Waals surface area contributed by atoms with Gasteiger partial charge < -0.3 is 21.2 Å². The predicted molar refractivity (Wildman–Crippen MR) is 72.8 cm³/mol. The SMILES string of the molecule is CC(C)CC(CN(C)C)NCC(C(N)=NO)C(F)(F)F. The van der Waals surface area contributed by atoms with Crippen molar-refractivity contribution in [3.05, 3.63) is 0 Å². The highest BCUT2D eigenvalue weighted by Crippen LogP contribution is 2.26. The van der Waals surface area contributed by atoms with E-state index in [9.17, 15) is 13.2 Å². The molecule has 0 saturated carbocycles. The van der Waals surface area contributed by atoms with Gasteiger partial charge in [-0.2, -0.15) is 13.2 Å². The third kappa shape index (κ3) is 7.54. The molecule has 0 aliphatic rings. The largest absolute Gasteiger partial charge is 0.409 e. The van der Waals surface area contributed by atoms with Gasteiger partial charge in [-0.15, -0.1) is 0 Å². The molecule has 8 heteroatoms. The maximum Gasteiger partial charge on any atom is 0.400 e. The Balaban J connectivity index is 4.69. The Morgan fingerprint density at radius 2 is 1.90 bits per heavy atom. The Morgan fingerprint density at radius 1 is 1.35 bits per heavy atom. The van der Waals surface area contributed by atoms with E-state index in [4.69, 9.17) is 10.9 Å². The van der Waals surface area contributed by atoms with Crippen molar-refractivity contribution in [1.82, 2.24) is 10.2 Å². The Morgan fingerprint density at radius 3 is 2.25 bits per heavy atom. The van der Waals surface area contributed by atoms with Gasteiger partial charge in [-0.25, -0.2) is 0 Å². The van der Waals surface area contributed by atoms with E-state index in [0.29, 0.717) is 12.5 Å². The van der Waals surface area contributed by atoms with Gasteiger partial charge in [0.2, 0.25) is 0 Å². The van der Waals surface area contributed by atoms with Crippen molar-refractivity contribution in [2.45, 2.75) is 32.5 Å². The number of likely N-dealkylation sites (N-methyl/N-ethyl adjacent to an activating group) is 1. The summed E-state index contributed by atoms with van der Waals surface area (Å²) in [4.78, 5) is 1.91. The van der Waals surface area contributed by atoms with Crippen LogP contribution in [0, 0.1) is 11.8 Å². The monoisotopic (exact) mass is 298 g/mol. The third-order valence-corrected chi connectivity index (χ3v) is 2.82. The number of halogens is 3. The molecule has 0 saturated heterocycles. The first-order valence-corrected chi connectivity index (χ1v) is 6.50. The molecule has 0 rings (SSSR count). The Kier molecular flexibility index (Phi) is 7.88. The van der Waals surface area contributed by atoms with Crippen LogP contribution in [0.3, 0.4) is 0 Å². The zero-order valence-corrected chi connectivity index (χ0v) is 12.4. The second kappa shape index (κ2) is 8.31. The smallest absolute Gasteiger partial charge is 0.400 e. The summed E-state index contributed by atoms with van der Waals surface area (Å²) in [6.07, 6.45) is -3.79. The summed E-state index contributed by atoms with van der Waals surface area (Å²) < 4.78 is 38.4. The van der Waals surface area contributed by atoms with E-state index in [1.54, 1.807) is 0 Å². The van der Waals surface area contributed by atoms with Crippen molar-refractivity contribution in [3.8, 4) is 0 Å². The lowest BCUT2D eigenvalue weighted by Crippen LogP contribution is -2.48.